The molecule has 0 aliphatic carbocycles. The van der Waals surface area contributed by atoms with Crippen molar-refractivity contribution >= 4 is 11.9 Å². The number of ether oxygens (including phenoxy) is 1. The molecule has 0 aromatic heterocycles. The normalized spacial score (nSPS) is 25.2. The molecule has 1 saturated heterocycles. The number of hydrogen-bond donors (Lipinski definition) is 1. The topological polar surface area (TPSA) is 98.5 Å². The molecule has 0 saturated carbocycles. The average molecular weight is 354 g/mol. The summed E-state index contributed by atoms with van der Waals surface area (Å²) in [6.07, 6.45) is 0. The van der Waals surface area contributed by atoms with E-state index in [1.54, 1.807) is 60.7 Å². The molecule has 3 rings (SSSR count). The molecule has 4 unspecified atom stereocenters. The van der Waals surface area contributed by atoms with E-state index in [4.69, 9.17) is 4.74 Å². The lowest BCUT2D eigenvalue weighted by molar-refractivity contribution is -0.534. The Bertz CT molecular complexity index is 809. The van der Waals surface area contributed by atoms with Gasteiger partial charge in [0.1, 0.15) is 12.0 Å². The third-order valence-electron chi connectivity index (χ3n) is 4.69. The monoisotopic (exact) mass is 354 g/mol. The van der Waals surface area contributed by atoms with Crippen LogP contribution in [-0.2, 0) is 14.3 Å². The van der Waals surface area contributed by atoms with Crippen LogP contribution in [0.15, 0.2) is 60.7 Å². The Balaban J connectivity index is 2.14. The van der Waals surface area contributed by atoms with Crippen molar-refractivity contribution in [1.82, 2.24) is 5.32 Å². The highest BCUT2D eigenvalue weighted by Crippen LogP contribution is 2.40. The molecule has 2 aromatic carbocycles. The first-order valence-electron chi connectivity index (χ1n) is 8.16. The van der Waals surface area contributed by atoms with Gasteiger partial charge < -0.3 is 10.1 Å². The minimum atomic E-state index is -1.28. The molecule has 0 bridgehead atoms. The van der Waals surface area contributed by atoms with Crippen molar-refractivity contribution in [3.05, 3.63) is 81.9 Å². The Hall–Kier alpha value is -3.22. The van der Waals surface area contributed by atoms with Crippen LogP contribution in [0.1, 0.15) is 23.1 Å². The molecular weight excluding hydrogens is 336 g/mol. The van der Waals surface area contributed by atoms with E-state index in [9.17, 15) is 19.7 Å². The molecule has 0 radical (unpaired) electrons. The summed E-state index contributed by atoms with van der Waals surface area (Å²) in [5.74, 6) is -3.57. The van der Waals surface area contributed by atoms with Crippen molar-refractivity contribution in [2.24, 2.45) is 5.92 Å². The molecule has 1 aliphatic heterocycles. The zero-order valence-electron chi connectivity index (χ0n) is 14.1. The number of carbonyl (C=O) groups excluding carboxylic acids is 2. The van der Waals surface area contributed by atoms with Crippen molar-refractivity contribution in [2.75, 3.05) is 7.11 Å². The van der Waals surface area contributed by atoms with Crippen LogP contribution in [0, 0.1) is 16.0 Å². The lowest BCUT2D eigenvalue weighted by Gasteiger charge is -2.37. The van der Waals surface area contributed by atoms with Gasteiger partial charge in [-0.1, -0.05) is 60.7 Å². The van der Waals surface area contributed by atoms with Crippen molar-refractivity contribution in [3.63, 3.8) is 0 Å². The second-order valence-electron chi connectivity index (χ2n) is 6.11. The van der Waals surface area contributed by atoms with Gasteiger partial charge in [0, 0.05) is 4.92 Å². The molecule has 134 valence electrons. The van der Waals surface area contributed by atoms with Gasteiger partial charge in [0.15, 0.2) is 0 Å². The number of amides is 1. The maximum Gasteiger partial charge on any atom is 0.319 e. The van der Waals surface area contributed by atoms with Gasteiger partial charge in [-0.3, -0.25) is 19.7 Å². The number of benzene rings is 2. The molecule has 7 nitrogen and oxygen atoms in total. The number of carbonyl (C=O) groups is 2. The molecule has 1 amide bonds. The minimum Gasteiger partial charge on any atom is -0.468 e. The number of rotatable bonds is 4. The first kappa shape index (κ1) is 17.6. The highest BCUT2D eigenvalue weighted by atomic mass is 16.6. The van der Waals surface area contributed by atoms with Gasteiger partial charge >= 0.3 is 5.97 Å². The molecule has 1 fully saturated rings. The lowest BCUT2D eigenvalue weighted by atomic mass is 9.73. The number of esters is 1. The Labute approximate surface area is 150 Å². The number of piperidine rings is 1. The number of nitro groups is 1. The highest BCUT2D eigenvalue weighted by molar-refractivity contribution is 6.00. The van der Waals surface area contributed by atoms with Crippen LogP contribution in [0.4, 0.5) is 0 Å². The zero-order valence-corrected chi connectivity index (χ0v) is 14.1. The average Bonchev–Trinajstić information content (AvgIpc) is 2.67. The summed E-state index contributed by atoms with van der Waals surface area (Å²) in [6, 6.07) is 15.3. The Kier molecular flexibility index (Phi) is 4.97. The Morgan fingerprint density at radius 3 is 2.08 bits per heavy atom. The van der Waals surface area contributed by atoms with Crippen LogP contribution in [0.5, 0.6) is 0 Å². The van der Waals surface area contributed by atoms with E-state index in [2.05, 4.69) is 5.32 Å². The maximum atomic E-state index is 12.7. The quantitative estimate of drug-likeness (QED) is 0.392. The van der Waals surface area contributed by atoms with E-state index in [1.807, 2.05) is 0 Å². The van der Waals surface area contributed by atoms with Crippen molar-refractivity contribution in [1.29, 1.82) is 0 Å². The van der Waals surface area contributed by atoms with Gasteiger partial charge in [-0.15, -0.1) is 0 Å². The van der Waals surface area contributed by atoms with Crippen molar-refractivity contribution < 1.29 is 19.2 Å². The summed E-state index contributed by atoms with van der Waals surface area (Å²) in [6.45, 7) is 0. The van der Waals surface area contributed by atoms with E-state index in [0.29, 0.717) is 11.1 Å². The van der Waals surface area contributed by atoms with Gasteiger partial charge in [-0.05, 0) is 11.1 Å². The standard InChI is InChI=1S/C19H18N2O5/c1-26-19(23)15-14(12-8-4-2-5-9-12)17(21(24)25)16(20-18(15)22)13-10-6-3-7-11-13/h2-11,14-17H,1H3,(H,20,22). The van der Waals surface area contributed by atoms with Crippen LogP contribution in [0.2, 0.25) is 0 Å². The predicted octanol–water partition coefficient (Wildman–Crippen LogP) is 2.08. The molecule has 26 heavy (non-hydrogen) atoms. The molecule has 7 heteroatoms. The van der Waals surface area contributed by atoms with Gasteiger partial charge in [0.25, 0.3) is 0 Å². The number of nitrogens with one attached hydrogen (secondary N) is 1. The van der Waals surface area contributed by atoms with Crippen LogP contribution in [0.25, 0.3) is 0 Å². The SMILES string of the molecule is COC(=O)C1C(=O)NC(c2ccccc2)C([N+](=O)[O-])C1c1ccccc1. The molecule has 1 N–H and O–H groups in total. The van der Waals surface area contributed by atoms with Crippen LogP contribution >= 0.6 is 0 Å². The molecule has 4 atom stereocenters. The number of methoxy groups -OCH3 is 1. The fourth-order valence-corrected chi connectivity index (χ4v) is 3.54. The number of hydrogen-bond acceptors (Lipinski definition) is 5. The smallest absolute Gasteiger partial charge is 0.319 e. The second kappa shape index (κ2) is 7.35. The van der Waals surface area contributed by atoms with Gasteiger partial charge in [0.05, 0.1) is 13.0 Å². The van der Waals surface area contributed by atoms with E-state index in [-0.39, 0.29) is 0 Å². The fourth-order valence-electron chi connectivity index (χ4n) is 3.54. The first-order chi connectivity index (χ1) is 12.5. The Morgan fingerprint density at radius 2 is 1.58 bits per heavy atom. The zero-order chi connectivity index (χ0) is 18.7. The third kappa shape index (κ3) is 3.15. The van der Waals surface area contributed by atoms with E-state index >= 15 is 0 Å². The van der Waals surface area contributed by atoms with Crippen LogP contribution in [-0.4, -0.2) is 30.0 Å². The second-order valence-corrected chi connectivity index (χ2v) is 6.11. The van der Waals surface area contributed by atoms with Gasteiger partial charge in [-0.25, -0.2) is 0 Å². The molecule has 1 aliphatic rings. The maximum absolute atomic E-state index is 12.7. The summed E-state index contributed by atoms with van der Waals surface area (Å²) < 4.78 is 4.76. The predicted molar refractivity (Wildman–Crippen MR) is 92.8 cm³/mol. The summed E-state index contributed by atoms with van der Waals surface area (Å²) in [7, 11) is 1.17. The van der Waals surface area contributed by atoms with Gasteiger partial charge in [0.2, 0.25) is 11.9 Å². The van der Waals surface area contributed by atoms with Crippen molar-refractivity contribution in [3.8, 4) is 0 Å². The third-order valence-corrected chi connectivity index (χ3v) is 4.69. The molecule has 2 aromatic rings. The van der Waals surface area contributed by atoms with E-state index in [0.717, 1.165) is 0 Å². The fraction of sp³-hybridized carbons (Fsp3) is 0.263. The molecule has 1 heterocycles. The Morgan fingerprint density at radius 1 is 1.04 bits per heavy atom. The first-order valence-corrected chi connectivity index (χ1v) is 8.16. The molecule has 0 spiro atoms. The number of nitrogens with zero attached hydrogens (tertiary/aromatic N) is 1. The lowest BCUT2D eigenvalue weighted by Crippen LogP contribution is -2.56. The summed E-state index contributed by atoms with van der Waals surface area (Å²) in [5.41, 5.74) is 1.17. The van der Waals surface area contributed by atoms with E-state index in [1.165, 1.54) is 7.11 Å². The van der Waals surface area contributed by atoms with Gasteiger partial charge in [-0.2, -0.15) is 0 Å². The van der Waals surface area contributed by atoms with Crippen LogP contribution < -0.4 is 5.32 Å². The summed E-state index contributed by atoms with van der Waals surface area (Å²) in [4.78, 5) is 36.5. The molecular formula is C19H18N2O5. The van der Waals surface area contributed by atoms with Crippen LogP contribution in [0.3, 0.4) is 0 Å². The van der Waals surface area contributed by atoms with E-state index < -0.39 is 40.7 Å². The van der Waals surface area contributed by atoms with Crippen molar-refractivity contribution in [2.45, 2.75) is 18.0 Å². The summed E-state index contributed by atoms with van der Waals surface area (Å²) >= 11 is 0. The largest absolute Gasteiger partial charge is 0.468 e. The summed E-state index contributed by atoms with van der Waals surface area (Å²) in [5, 5.41) is 14.6. The highest BCUT2D eigenvalue weighted by Gasteiger charge is 2.55. The minimum absolute atomic E-state index is 0.426.